The number of aromatic amines is 1. The van der Waals surface area contributed by atoms with E-state index >= 15 is 0 Å². The van der Waals surface area contributed by atoms with E-state index in [2.05, 4.69) is 63.0 Å². The first-order valence-corrected chi connectivity index (χ1v) is 10.2. The first kappa shape index (κ1) is 24.9. The van der Waals surface area contributed by atoms with Crippen LogP contribution < -0.4 is 40.2 Å². The van der Waals surface area contributed by atoms with Crippen LogP contribution in [0, 0.1) is 23.8 Å². The molecule has 2 aromatic rings. The number of hydrogen-bond acceptors (Lipinski definition) is 4. The van der Waals surface area contributed by atoms with Crippen LogP contribution in [-0.2, 0) is 6.42 Å². The second kappa shape index (κ2) is 13.1. The summed E-state index contributed by atoms with van der Waals surface area (Å²) in [5.74, 6) is 6.97. The SMILES string of the molecule is C=C[C-]=C/C(C#Cc1cn[nH]c1C(=C)Nc1ccc(CC2CCNCC2)nc1)=C\C.[Na+]. The number of nitrogens with one attached hydrogen (secondary N) is 3. The summed E-state index contributed by atoms with van der Waals surface area (Å²) in [7, 11) is 0. The van der Waals surface area contributed by atoms with Crippen molar-refractivity contribution in [3.05, 3.63) is 84.5 Å². The van der Waals surface area contributed by atoms with Gasteiger partial charge in [0.2, 0.25) is 0 Å². The van der Waals surface area contributed by atoms with E-state index < -0.39 is 0 Å². The van der Waals surface area contributed by atoms with Crippen LogP contribution >= 0.6 is 0 Å². The van der Waals surface area contributed by atoms with Gasteiger partial charge in [-0.15, -0.1) is 12.0 Å². The molecule has 0 saturated carbocycles. The summed E-state index contributed by atoms with van der Waals surface area (Å²) in [5.41, 5.74) is 5.10. The van der Waals surface area contributed by atoms with Crippen LogP contribution in [0.1, 0.15) is 36.7 Å². The minimum Gasteiger partial charge on any atom is -0.353 e. The fraction of sp³-hybridized carbons (Fsp3) is 0.280. The maximum absolute atomic E-state index is 4.62. The Kier molecular flexibility index (Phi) is 10.6. The summed E-state index contributed by atoms with van der Waals surface area (Å²) in [6, 6.07) is 4.14. The number of aromatic nitrogens is 3. The van der Waals surface area contributed by atoms with E-state index in [0.29, 0.717) is 5.70 Å². The molecular weight excluding hydrogens is 393 g/mol. The van der Waals surface area contributed by atoms with Crippen LogP contribution in [0.5, 0.6) is 0 Å². The van der Waals surface area contributed by atoms with E-state index in [1.807, 2.05) is 25.3 Å². The third kappa shape index (κ3) is 7.68. The summed E-state index contributed by atoms with van der Waals surface area (Å²) in [6.07, 6.45) is 15.3. The average molecular weight is 422 g/mol. The Morgan fingerprint density at radius 1 is 1.32 bits per heavy atom. The van der Waals surface area contributed by atoms with Gasteiger partial charge in [0, 0.05) is 5.69 Å². The van der Waals surface area contributed by atoms with Gasteiger partial charge in [-0.05, 0) is 50.4 Å². The van der Waals surface area contributed by atoms with Crippen molar-refractivity contribution >= 4 is 11.4 Å². The molecule has 1 saturated heterocycles. The van der Waals surface area contributed by atoms with Crippen LogP contribution in [0.4, 0.5) is 5.69 Å². The summed E-state index contributed by atoms with van der Waals surface area (Å²) in [5, 5.41) is 13.8. The van der Waals surface area contributed by atoms with Gasteiger partial charge in [-0.25, -0.2) is 0 Å². The van der Waals surface area contributed by atoms with Crippen molar-refractivity contribution in [2.45, 2.75) is 26.2 Å². The van der Waals surface area contributed by atoms with Gasteiger partial charge in [0.1, 0.15) is 0 Å². The third-order valence-electron chi connectivity index (χ3n) is 5.03. The van der Waals surface area contributed by atoms with Crippen molar-refractivity contribution < 1.29 is 29.6 Å². The maximum Gasteiger partial charge on any atom is 1.00 e. The Hall–Kier alpha value is -2.36. The van der Waals surface area contributed by atoms with Crippen LogP contribution in [0.15, 0.2) is 61.5 Å². The molecule has 3 heterocycles. The van der Waals surface area contributed by atoms with E-state index in [9.17, 15) is 0 Å². The molecule has 0 aliphatic carbocycles. The zero-order chi connectivity index (χ0) is 21.2. The largest absolute Gasteiger partial charge is 1.00 e. The van der Waals surface area contributed by atoms with Crippen LogP contribution in [-0.4, -0.2) is 28.3 Å². The van der Waals surface area contributed by atoms with Crippen molar-refractivity contribution in [2.75, 3.05) is 18.4 Å². The smallest absolute Gasteiger partial charge is 0.353 e. The summed E-state index contributed by atoms with van der Waals surface area (Å²) in [4.78, 5) is 4.62. The quantitative estimate of drug-likeness (QED) is 0.273. The molecule has 1 aliphatic rings. The Bertz CT molecular complexity index is 983. The number of rotatable bonds is 7. The Morgan fingerprint density at radius 3 is 2.81 bits per heavy atom. The van der Waals surface area contributed by atoms with E-state index in [4.69, 9.17) is 0 Å². The van der Waals surface area contributed by atoms with E-state index in [1.165, 1.54) is 12.8 Å². The van der Waals surface area contributed by atoms with Gasteiger partial charge in [-0.3, -0.25) is 10.1 Å². The molecule has 5 nitrogen and oxygen atoms in total. The van der Waals surface area contributed by atoms with Crippen LogP contribution in [0.25, 0.3) is 5.70 Å². The molecule has 0 spiro atoms. The molecule has 0 atom stereocenters. The maximum atomic E-state index is 4.62. The molecule has 0 aromatic carbocycles. The minimum absolute atomic E-state index is 0. The number of pyridine rings is 1. The van der Waals surface area contributed by atoms with Crippen LogP contribution in [0.2, 0.25) is 0 Å². The van der Waals surface area contributed by atoms with Crippen LogP contribution in [0.3, 0.4) is 0 Å². The van der Waals surface area contributed by atoms with Gasteiger partial charge < -0.3 is 10.6 Å². The molecule has 31 heavy (non-hydrogen) atoms. The van der Waals surface area contributed by atoms with Gasteiger partial charge in [-0.1, -0.05) is 25.0 Å². The predicted octanol–water partition coefficient (Wildman–Crippen LogP) is 1.28. The van der Waals surface area contributed by atoms with E-state index in [0.717, 1.165) is 53.6 Å². The molecule has 1 aliphatic heterocycles. The van der Waals surface area contributed by atoms with Crippen molar-refractivity contribution in [1.29, 1.82) is 0 Å². The molecule has 3 N–H and O–H groups in total. The second-order valence-electron chi connectivity index (χ2n) is 7.21. The normalized spacial score (nSPS) is 14.4. The third-order valence-corrected chi connectivity index (χ3v) is 5.03. The van der Waals surface area contributed by atoms with Gasteiger partial charge in [0.15, 0.2) is 0 Å². The topological polar surface area (TPSA) is 65.6 Å². The molecule has 2 aromatic heterocycles. The fourth-order valence-electron chi connectivity index (χ4n) is 3.33. The molecule has 0 bridgehead atoms. The molecular formula is C25H28N5Na. The van der Waals surface area contributed by atoms with Crippen molar-refractivity contribution in [3.63, 3.8) is 0 Å². The molecule has 0 amide bonds. The molecule has 0 radical (unpaired) electrons. The zero-order valence-corrected chi connectivity index (χ0v) is 20.5. The van der Waals surface area contributed by atoms with E-state index in [1.54, 1.807) is 18.3 Å². The molecule has 6 heteroatoms. The van der Waals surface area contributed by atoms with Gasteiger partial charge in [0.25, 0.3) is 0 Å². The number of allylic oxidation sites excluding steroid dienone is 5. The van der Waals surface area contributed by atoms with Crippen molar-refractivity contribution in [1.82, 2.24) is 20.5 Å². The molecule has 3 rings (SSSR count). The minimum atomic E-state index is 0. The zero-order valence-electron chi connectivity index (χ0n) is 18.5. The van der Waals surface area contributed by atoms with E-state index in [-0.39, 0.29) is 29.6 Å². The Labute approximate surface area is 207 Å². The number of anilines is 1. The van der Waals surface area contributed by atoms with Gasteiger partial charge in [0.05, 0.1) is 35.0 Å². The predicted molar refractivity (Wildman–Crippen MR) is 123 cm³/mol. The second-order valence-corrected chi connectivity index (χ2v) is 7.21. The average Bonchev–Trinajstić information content (AvgIpc) is 3.25. The number of nitrogens with zero attached hydrogens (tertiary/aromatic N) is 2. The number of piperidine rings is 1. The molecule has 0 unspecified atom stereocenters. The Morgan fingerprint density at radius 2 is 2.13 bits per heavy atom. The summed E-state index contributed by atoms with van der Waals surface area (Å²) < 4.78 is 0. The van der Waals surface area contributed by atoms with Gasteiger partial charge >= 0.3 is 29.6 Å². The Balaban J connectivity index is 0.00000341. The molecule has 154 valence electrons. The number of H-pyrrole nitrogens is 1. The fourth-order valence-corrected chi connectivity index (χ4v) is 3.33. The first-order chi connectivity index (χ1) is 14.7. The van der Waals surface area contributed by atoms with Crippen molar-refractivity contribution in [3.8, 4) is 11.8 Å². The molecule has 1 fully saturated rings. The number of hydrogen-bond donors (Lipinski definition) is 3. The monoisotopic (exact) mass is 421 g/mol. The summed E-state index contributed by atoms with van der Waals surface area (Å²) in [6.45, 7) is 11.9. The summed E-state index contributed by atoms with van der Waals surface area (Å²) >= 11 is 0. The first-order valence-electron chi connectivity index (χ1n) is 10.2. The standard InChI is InChI=1S/C25H28N5.Na/c1-4-6-7-20(5-2)8-9-22-17-28-30-25(22)19(3)29-24-11-10-23(27-18-24)16-21-12-14-26-15-13-21;/h4-5,7,10-11,17-18,21,26,29H,1,3,12-16H2,2H3,(H,28,30);/q-1;+1/b20-5+;. The van der Waals surface area contributed by atoms with Gasteiger partial charge in [-0.2, -0.15) is 29.9 Å². The van der Waals surface area contributed by atoms with Crippen molar-refractivity contribution in [2.24, 2.45) is 5.92 Å².